The number of halogens is 1. The van der Waals surface area contributed by atoms with E-state index in [0.717, 1.165) is 11.5 Å². The van der Waals surface area contributed by atoms with Gasteiger partial charge in [-0.2, -0.15) is 0 Å². The van der Waals surface area contributed by atoms with Gasteiger partial charge in [-0.1, -0.05) is 0 Å². The highest BCUT2D eigenvalue weighted by Gasteiger charge is 2.15. The lowest BCUT2D eigenvalue weighted by Gasteiger charge is -2.06. The number of hydrogen-bond donors (Lipinski definition) is 0. The van der Waals surface area contributed by atoms with Gasteiger partial charge in [0.15, 0.2) is 7.14 Å². The summed E-state index contributed by atoms with van der Waals surface area (Å²) >= 11 is -0.233. The molecule has 0 unspecified atom stereocenters. The first-order valence-corrected chi connectivity index (χ1v) is 11.7. The fourth-order valence-electron chi connectivity index (χ4n) is 2.24. The molecular formula is C22H30IO6+. The number of benzene rings is 2. The summed E-state index contributed by atoms with van der Waals surface area (Å²) in [5, 5.41) is 0. The lowest BCUT2D eigenvalue weighted by molar-refractivity contribution is -0.597. The summed E-state index contributed by atoms with van der Waals surface area (Å²) in [5.41, 5.74) is 0. The molecule has 2 aromatic carbocycles. The Kier molecular flexibility index (Phi) is 12.7. The molecule has 29 heavy (non-hydrogen) atoms. The smallest absolute Gasteiger partial charge is 0.357 e. The molecular weight excluding hydrogens is 487 g/mol. The highest BCUT2D eigenvalue weighted by atomic mass is 127. The van der Waals surface area contributed by atoms with Gasteiger partial charge in [-0.3, -0.25) is 0 Å². The van der Waals surface area contributed by atoms with E-state index in [4.69, 9.17) is 28.4 Å². The number of hydrogen-bond acceptors (Lipinski definition) is 6. The van der Waals surface area contributed by atoms with Crippen molar-refractivity contribution < 1.29 is 49.6 Å². The third-order valence-corrected chi connectivity index (χ3v) is 6.39. The molecule has 0 saturated carbocycles. The summed E-state index contributed by atoms with van der Waals surface area (Å²) in [6.07, 6.45) is 0. The van der Waals surface area contributed by atoms with Gasteiger partial charge in [0, 0.05) is 14.2 Å². The Morgan fingerprint density at radius 1 is 0.517 bits per heavy atom. The van der Waals surface area contributed by atoms with Gasteiger partial charge in [-0.25, -0.2) is 0 Å². The first-order chi connectivity index (χ1) is 14.3. The Hall–Kier alpha value is -1.39. The third-order valence-electron chi connectivity index (χ3n) is 3.70. The van der Waals surface area contributed by atoms with Crippen molar-refractivity contribution in [2.45, 2.75) is 0 Å². The zero-order valence-corrected chi connectivity index (χ0v) is 19.3. The van der Waals surface area contributed by atoms with Gasteiger partial charge < -0.3 is 28.4 Å². The van der Waals surface area contributed by atoms with Crippen LogP contribution in [-0.2, 0) is 18.9 Å². The van der Waals surface area contributed by atoms with E-state index in [2.05, 4.69) is 24.3 Å². The van der Waals surface area contributed by atoms with Crippen LogP contribution in [0.25, 0.3) is 0 Å². The van der Waals surface area contributed by atoms with Gasteiger partial charge in [0.2, 0.25) is 0 Å². The highest BCUT2D eigenvalue weighted by Crippen LogP contribution is 2.09. The summed E-state index contributed by atoms with van der Waals surface area (Å²) in [7, 11) is 3.32. The Morgan fingerprint density at radius 2 is 0.897 bits per heavy atom. The van der Waals surface area contributed by atoms with Crippen molar-refractivity contribution in [3.05, 3.63) is 55.7 Å². The second-order valence-electron chi connectivity index (χ2n) is 5.91. The summed E-state index contributed by atoms with van der Waals surface area (Å²) in [5.74, 6) is 1.73. The predicted octanol–water partition coefficient (Wildman–Crippen LogP) is -0.101. The molecule has 0 N–H and O–H groups in total. The molecule has 0 heterocycles. The average molecular weight is 517 g/mol. The quantitative estimate of drug-likeness (QED) is 0.229. The molecule has 2 aromatic rings. The Bertz CT molecular complexity index is 590. The molecule has 0 bridgehead atoms. The van der Waals surface area contributed by atoms with Gasteiger partial charge in [-0.05, 0) is 48.5 Å². The van der Waals surface area contributed by atoms with Crippen LogP contribution in [0.5, 0.6) is 11.5 Å². The second-order valence-corrected chi connectivity index (χ2v) is 8.94. The summed E-state index contributed by atoms with van der Waals surface area (Å²) in [4.78, 5) is 0. The Balaban J connectivity index is 1.66. The Morgan fingerprint density at radius 3 is 1.28 bits per heavy atom. The summed E-state index contributed by atoms with van der Waals surface area (Å²) in [6.45, 7) is 4.60. The van der Waals surface area contributed by atoms with Crippen molar-refractivity contribution in [3.8, 4) is 11.5 Å². The fraction of sp³-hybridized carbons (Fsp3) is 0.455. The standard InChI is InChI=1S/C22H30IO6/c1-24-11-13-26-15-17-28-21-7-3-19(4-8-21)23-20-5-9-22(10-6-20)29-18-16-27-14-12-25-2/h3-10H,11-18H2,1-2H3/q+1. The van der Waals surface area contributed by atoms with E-state index in [0.29, 0.717) is 52.9 Å². The zero-order valence-electron chi connectivity index (χ0n) is 17.1. The van der Waals surface area contributed by atoms with Crippen molar-refractivity contribution in [1.82, 2.24) is 0 Å². The topological polar surface area (TPSA) is 55.4 Å². The van der Waals surface area contributed by atoms with Gasteiger partial charge >= 0.3 is 21.2 Å². The SMILES string of the molecule is COCCOCCOc1ccc([I+]c2ccc(OCCOCCOC)cc2)cc1. The first kappa shape index (κ1) is 23.9. The molecule has 0 fully saturated rings. The third kappa shape index (κ3) is 10.8. The fourth-order valence-corrected chi connectivity index (χ4v) is 4.40. The van der Waals surface area contributed by atoms with Gasteiger partial charge in [-0.15, -0.1) is 0 Å². The van der Waals surface area contributed by atoms with Crippen LogP contribution in [-0.4, -0.2) is 67.1 Å². The van der Waals surface area contributed by atoms with Crippen molar-refractivity contribution in [3.63, 3.8) is 0 Å². The minimum absolute atomic E-state index is 0.233. The molecule has 7 heteroatoms. The van der Waals surface area contributed by atoms with Crippen LogP contribution in [0.2, 0.25) is 0 Å². The van der Waals surface area contributed by atoms with Crippen LogP contribution in [0.4, 0.5) is 0 Å². The van der Waals surface area contributed by atoms with Crippen LogP contribution >= 0.6 is 0 Å². The van der Waals surface area contributed by atoms with Crippen molar-refractivity contribution in [2.24, 2.45) is 0 Å². The molecule has 0 amide bonds. The molecule has 0 aliphatic heterocycles. The van der Waals surface area contributed by atoms with Gasteiger partial charge in [0.05, 0.1) is 39.6 Å². The minimum Gasteiger partial charge on any atom is -0.491 e. The van der Waals surface area contributed by atoms with Crippen LogP contribution < -0.4 is 30.7 Å². The molecule has 2 rings (SSSR count). The van der Waals surface area contributed by atoms with E-state index in [-0.39, 0.29) is 21.2 Å². The first-order valence-electron chi connectivity index (χ1n) is 9.55. The van der Waals surface area contributed by atoms with E-state index in [1.165, 1.54) is 7.14 Å². The average Bonchev–Trinajstić information content (AvgIpc) is 2.75. The molecule has 0 aliphatic carbocycles. The molecule has 0 aliphatic rings. The van der Waals surface area contributed by atoms with E-state index in [1.54, 1.807) is 14.2 Å². The van der Waals surface area contributed by atoms with Crippen LogP contribution in [0.15, 0.2) is 48.5 Å². The molecule has 0 spiro atoms. The summed E-state index contributed by atoms with van der Waals surface area (Å²) in [6, 6.07) is 16.6. The molecule has 0 aromatic heterocycles. The molecule has 0 atom stereocenters. The zero-order chi connectivity index (χ0) is 20.6. The minimum atomic E-state index is -0.233. The normalized spacial score (nSPS) is 10.8. The van der Waals surface area contributed by atoms with E-state index < -0.39 is 0 Å². The molecule has 0 radical (unpaired) electrons. The monoisotopic (exact) mass is 517 g/mol. The van der Waals surface area contributed by atoms with E-state index in [9.17, 15) is 0 Å². The van der Waals surface area contributed by atoms with Gasteiger partial charge in [0.25, 0.3) is 0 Å². The van der Waals surface area contributed by atoms with Crippen molar-refractivity contribution >= 4 is 0 Å². The maximum atomic E-state index is 5.69. The van der Waals surface area contributed by atoms with E-state index >= 15 is 0 Å². The lowest BCUT2D eigenvalue weighted by Crippen LogP contribution is -3.61. The van der Waals surface area contributed by atoms with Crippen molar-refractivity contribution in [1.29, 1.82) is 0 Å². The number of ether oxygens (including phenoxy) is 6. The summed E-state index contributed by atoms with van der Waals surface area (Å²) < 4.78 is 34.7. The van der Waals surface area contributed by atoms with E-state index in [1.807, 2.05) is 24.3 Å². The Labute approximate surface area is 183 Å². The lowest BCUT2D eigenvalue weighted by atomic mass is 10.3. The van der Waals surface area contributed by atoms with Gasteiger partial charge in [0.1, 0.15) is 24.7 Å². The predicted molar refractivity (Wildman–Crippen MR) is 107 cm³/mol. The molecule has 160 valence electrons. The maximum Gasteiger partial charge on any atom is 0.357 e. The van der Waals surface area contributed by atoms with Crippen molar-refractivity contribution in [2.75, 3.05) is 67.1 Å². The molecule has 0 saturated heterocycles. The largest absolute Gasteiger partial charge is 0.491 e. The van der Waals surface area contributed by atoms with Crippen LogP contribution in [0.3, 0.4) is 0 Å². The molecule has 6 nitrogen and oxygen atoms in total. The second kappa shape index (κ2) is 15.4. The van der Waals surface area contributed by atoms with Crippen LogP contribution in [0, 0.1) is 7.14 Å². The number of rotatable bonds is 16. The maximum absolute atomic E-state index is 5.69. The number of methoxy groups -OCH3 is 2. The van der Waals surface area contributed by atoms with Crippen LogP contribution in [0.1, 0.15) is 0 Å². The highest BCUT2D eigenvalue weighted by molar-refractivity contribution is 5.22.